The number of hydrogen-bond acceptors (Lipinski definition) is 4. The number of nitrogens with one attached hydrogen (secondary N) is 1. The highest BCUT2D eigenvalue weighted by atomic mass is 16.5. The van der Waals surface area contributed by atoms with E-state index in [1.165, 1.54) is 0 Å². The number of benzene rings is 2. The Kier molecular flexibility index (Phi) is 6.07. The molecular weight excluding hydrogens is 306 g/mol. The molecule has 0 radical (unpaired) electrons. The molecule has 24 heavy (non-hydrogen) atoms. The first-order chi connectivity index (χ1) is 11.5. The molecule has 0 aliphatic heterocycles. The number of carbonyl (C=O) groups is 1. The van der Waals surface area contributed by atoms with Crippen molar-refractivity contribution >= 4 is 5.91 Å². The Morgan fingerprint density at radius 1 is 0.917 bits per heavy atom. The first-order valence-electron chi connectivity index (χ1n) is 7.79. The molecule has 0 aliphatic carbocycles. The van der Waals surface area contributed by atoms with Gasteiger partial charge < -0.3 is 19.5 Å². The summed E-state index contributed by atoms with van der Waals surface area (Å²) in [6.07, 6.45) is -0.637. The Balaban J connectivity index is 1.97. The SMILES string of the molecule is COc1ccc(C(C)NC(=O)C(C)Oc2ccccc2OC)cc1. The highest BCUT2D eigenvalue weighted by molar-refractivity contribution is 5.81. The second-order valence-electron chi connectivity index (χ2n) is 5.41. The number of methoxy groups -OCH3 is 2. The third-order valence-corrected chi connectivity index (χ3v) is 3.72. The topological polar surface area (TPSA) is 56.8 Å². The maximum Gasteiger partial charge on any atom is 0.261 e. The molecule has 5 nitrogen and oxygen atoms in total. The highest BCUT2D eigenvalue weighted by Crippen LogP contribution is 2.27. The molecule has 2 unspecified atom stereocenters. The number of hydrogen-bond donors (Lipinski definition) is 1. The fraction of sp³-hybridized carbons (Fsp3) is 0.316. The Bertz CT molecular complexity index is 669. The number of amides is 1. The molecule has 5 heteroatoms. The van der Waals surface area contributed by atoms with Gasteiger partial charge in [0, 0.05) is 0 Å². The van der Waals surface area contributed by atoms with E-state index in [2.05, 4.69) is 5.32 Å². The van der Waals surface area contributed by atoms with Crippen molar-refractivity contribution in [2.45, 2.75) is 26.0 Å². The molecule has 2 aromatic rings. The van der Waals surface area contributed by atoms with Gasteiger partial charge in [-0.25, -0.2) is 0 Å². The van der Waals surface area contributed by atoms with E-state index in [1.807, 2.05) is 43.3 Å². The van der Waals surface area contributed by atoms with Crippen molar-refractivity contribution < 1.29 is 19.0 Å². The molecule has 128 valence electrons. The minimum Gasteiger partial charge on any atom is -0.497 e. The summed E-state index contributed by atoms with van der Waals surface area (Å²) in [7, 11) is 3.19. The van der Waals surface area contributed by atoms with Gasteiger partial charge in [0.2, 0.25) is 0 Å². The molecule has 0 bridgehead atoms. The van der Waals surface area contributed by atoms with Crippen LogP contribution in [-0.2, 0) is 4.79 Å². The van der Waals surface area contributed by atoms with Gasteiger partial charge in [0.05, 0.1) is 20.3 Å². The van der Waals surface area contributed by atoms with Crippen LogP contribution in [-0.4, -0.2) is 26.2 Å². The molecule has 0 spiro atoms. The second-order valence-corrected chi connectivity index (χ2v) is 5.41. The summed E-state index contributed by atoms with van der Waals surface area (Å²) in [5.74, 6) is 1.73. The fourth-order valence-electron chi connectivity index (χ4n) is 2.27. The van der Waals surface area contributed by atoms with Gasteiger partial charge in [-0.05, 0) is 43.7 Å². The summed E-state index contributed by atoms with van der Waals surface area (Å²) in [6.45, 7) is 3.64. The van der Waals surface area contributed by atoms with E-state index in [0.29, 0.717) is 11.5 Å². The van der Waals surface area contributed by atoms with Crippen molar-refractivity contribution in [2.24, 2.45) is 0 Å². The van der Waals surface area contributed by atoms with Gasteiger partial charge in [-0.2, -0.15) is 0 Å². The zero-order chi connectivity index (χ0) is 17.5. The Labute approximate surface area is 142 Å². The van der Waals surface area contributed by atoms with Crippen LogP contribution in [0.4, 0.5) is 0 Å². The highest BCUT2D eigenvalue weighted by Gasteiger charge is 2.19. The van der Waals surface area contributed by atoms with Crippen molar-refractivity contribution in [1.82, 2.24) is 5.32 Å². The van der Waals surface area contributed by atoms with Crippen LogP contribution in [0, 0.1) is 0 Å². The zero-order valence-electron chi connectivity index (χ0n) is 14.4. The zero-order valence-corrected chi connectivity index (χ0v) is 14.4. The summed E-state index contributed by atoms with van der Waals surface area (Å²) in [5, 5.41) is 2.95. The van der Waals surface area contributed by atoms with Gasteiger partial charge in [0.1, 0.15) is 5.75 Å². The van der Waals surface area contributed by atoms with E-state index in [0.717, 1.165) is 11.3 Å². The third kappa shape index (κ3) is 4.41. The van der Waals surface area contributed by atoms with Crippen molar-refractivity contribution in [1.29, 1.82) is 0 Å². The molecule has 0 saturated carbocycles. The lowest BCUT2D eigenvalue weighted by molar-refractivity contribution is -0.127. The lowest BCUT2D eigenvalue weighted by atomic mass is 10.1. The maximum atomic E-state index is 12.4. The molecule has 0 fully saturated rings. The van der Waals surface area contributed by atoms with Gasteiger partial charge in [-0.3, -0.25) is 4.79 Å². The smallest absolute Gasteiger partial charge is 0.261 e. The summed E-state index contributed by atoms with van der Waals surface area (Å²) in [4.78, 5) is 12.4. The van der Waals surface area contributed by atoms with Crippen LogP contribution in [0.5, 0.6) is 17.2 Å². The number of carbonyl (C=O) groups excluding carboxylic acids is 1. The maximum absolute atomic E-state index is 12.4. The molecule has 1 N–H and O–H groups in total. The van der Waals surface area contributed by atoms with Gasteiger partial charge in [-0.1, -0.05) is 24.3 Å². The molecule has 0 saturated heterocycles. The summed E-state index contributed by atoms with van der Waals surface area (Å²) in [6, 6.07) is 14.7. The lowest BCUT2D eigenvalue weighted by Gasteiger charge is -2.20. The van der Waals surface area contributed by atoms with Crippen LogP contribution in [0.2, 0.25) is 0 Å². The number of rotatable bonds is 7. The van der Waals surface area contributed by atoms with Crippen molar-refractivity contribution in [3.05, 3.63) is 54.1 Å². The molecule has 1 amide bonds. The van der Waals surface area contributed by atoms with Crippen molar-refractivity contribution in [2.75, 3.05) is 14.2 Å². The van der Waals surface area contributed by atoms with Crippen LogP contribution in [0.1, 0.15) is 25.5 Å². The van der Waals surface area contributed by atoms with E-state index in [4.69, 9.17) is 14.2 Å². The largest absolute Gasteiger partial charge is 0.497 e. The summed E-state index contributed by atoms with van der Waals surface area (Å²) < 4.78 is 16.1. The summed E-state index contributed by atoms with van der Waals surface area (Å²) in [5.41, 5.74) is 0.994. The van der Waals surface area contributed by atoms with Crippen LogP contribution >= 0.6 is 0 Å². The van der Waals surface area contributed by atoms with Gasteiger partial charge in [0.25, 0.3) is 5.91 Å². The van der Waals surface area contributed by atoms with Gasteiger partial charge in [0.15, 0.2) is 17.6 Å². The minimum atomic E-state index is -0.637. The molecule has 2 atom stereocenters. The molecule has 0 heterocycles. The molecule has 0 aliphatic rings. The average Bonchev–Trinajstić information content (AvgIpc) is 2.62. The Morgan fingerprint density at radius 3 is 2.12 bits per heavy atom. The van der Waals surface area contributed by atoms with Crippen LogP contribution in [0.3, 0.4) is 0 Å². The Morgan fingerprint density at radius 2 is 1.54 bits per heavy atom. The number of para-hydroxylation sites is 2. The standard InChI is InChI=1S/C19H23NO4/c1-13(15-9-11-16(22-3)12-10-15)20-19(21)14(2)24-18-8-6-5-7-17(18)23-4/h5-14H,1-4H3,(H,20,21). The lowest BCUT2D eigenvalue weighted by Crippen LogP contribution is -2.37. The molecule has 0 aromatic heterocycles. The normalized spacial score (nSPS) is 12.8. The van der Waals surface area contributed by atoms with Crippen LogP contribution in [0.25, 0.3) is 0 Å². The van der Waals surface area contributed by atoms with E-state index in [-0.39, 0.29) is 11.9 Å². The number of ether oxygens (including phenoxy) is 3. The van der Waals surface area contributed by atoms with E-state index in [9.17, 15) is 4.79 Å². The third-order valence-electron chi connectivity index (χ3n) is 3.72. The molecular formula is C19H23NO4. The van der Waals surface area contributed by atoms with Gasteiger partial charge in [-0.15, -0.1) is 0 Å². The van der Waals surface area contributed by atoms with E-state index < -0.39 is 6.10 Å². The first kappa shape index (κ1) is 17.7. The quantitative estimate of drug-likeness (QED) is 0.846. The molecule has 2 aromatic carbocycles. The predicted molar refractivity (Wildman–Crippen MR) is 92.6 cm³/mol. The first-order valence-corrected chi connectivity index (χ1v) is 7.79. The Hall–Kier alpha value is -2.69. The van der Waals surface area contributed by atoms with Gasteiger partial charge >= 0.3 is 0 Å². The monoisotopic (exact) mass is 329 g/mol. The van der Waals surface area contributed by atoms with Crippen LogP contribution in [0.15, 0.2) is 48.5 Å². The van der Waals surface area contributed by atoms with Crippen LogP contribution < -0.4 is 19.5 Å². The fourth-order valence-corrected chi connectivity index (χ4v) is 2.27. The minimum absolute atomic E-state index is 0.132. The van der Waals surface area contributed by atoms with Crippen molar-refractivity contribution in [3.63, 3.8) is 0 Å². The molecule has 2 rings (SSSR count). The predicted octanol–water partition coefficient (Wildman–Crippen LogP) is 3.35. The second kappa shape index (κ2) is 8.24. The van der Waals surface area contributed by atoms with E-state index >= 15 is 0 Å². The van der Waals surface area contributed by atoms with Crippen molar-refractivity contribution in [3.8, 4) is 17.2 Å². The average molecular weight is 329 g/mol. The summed E-state index contributed by atoms with van der Waals surface area (Å²) >= 11 is 0. The van der Waals surface area contributed by atoms with E-state index in [1.54, 1.807) is 33.3 Å².